The molecule has 1 rings (SSSR count). The summed E-state index contributed by atoms with van der Waals surface area (Å²) in [4.78, 5) is 13.2. The van der Waals surface area contributed by atoms with Gasteiger partial charge in [-0.25, -0.2) is 0 Å². The van der Waals surface area contributed by atoms with E-state index in [0.717, 1.165) is 10.0 Å². The van der Waals surface area contributed by atoms with Crippen LogP contribution in [0, 0.1) is 0 Å². The molecule has 0 saturated heterocycles. The van der Waals surface area contributed by atoms with Crippen LogP contribution in [-0.4, -0.2) is 17.9 Å². The number of carbonyl (C=O) groups is 1. The third-order valence-corrected chi connectivity index (χ3v) is 2.82. The fourth-order valence-electron chi connectivity index (χ4n) is 1.23. The van der Waals surface area contributed by atoms with Gasteiger partial charge in [0, 0.05) is 18.1 Å². The smallest absolute Gasteiger partial charge is 0.246 e. The zero-order valence-electron chi connectivity index (χ0n) is 8.90. The lowest BCUT2D eigenvalue weighted by atomic mass is 10.2. The van der Waals surface area contributed by atoms with E-state index in [4.69, 9.17) is 0 Å². The quantitative estimate of drug-likeness (QED) is 0.772. The molecule has 0 saturated carbocycles. The van der Waals surface area contributed by atoms with E-state index in [0.29, 0.717) is 6.54 Å². The molecule has 0 spiro atoms. The van der Waals surface area contributed by atoms with Crippen LogP contribution in [0.3, 0.4) is 0 Å². The van der Waals surface area contributed by atoms with Crippen LogP contribution in [0.25, 0.3) is 0 Å². The average molecular weight is 268 g/mol. The van der Waals surface area contributed by atoms with Crippen LogP contribution >= 0.6 is 15.9 Å². The monoisotopic (exact) mass is 267 g/mol. The number of hydrogen-bond donors (Lipinski definition) is 0. The lowest BCUT2D eigenvalue weighted by molar-refractivity contribution is -0.125. The summed E-state index contributed by atoms with van der Waals surface area (Å²) >= 11 is 3.46. The molecule has 0 unspecified atom stereocenters. The summed E-state index contributed by atoms with van der Waals surface area (Å²) in [7, 11) is 1.79. The molecule has 0 heterocycles. The summed E-state index contributed by atoms with van der Waals surface area (Å²) in [5.41, 5.74) is 1.11. The van der Waals surface area contributed by atoms with E-state index in [1.807, 2.05) is 31.2 Å². The van der Waals surface area contributed by atoms with E-state index >= 15 is 0 Å². The van der Waals surface area contributed by atoms with Crippen molar-refractivity contribution in [1.29, 1.82) is 0 Å². The number of carbonyl (C=O) groups excluding carboxylic acids is 1. The first kappa shape index (κ1) is 12.0. The average Bonchev–Trinajstić information content (AvgIpc) is 2.21. The van der Waals surface area contributed by atoms with Crippen LogP contribution in [0.5, 0.6) is 0 Å². The van der Waals surface area contributed by atoms with Crippen molar-refractivity contribution in [2.24, 2.45) is 0 Å². The number of benzene rings is 1. The van der Waals surface area contributed by atoms with Crippen molar-refractivity contribution in [3.8, 4) is 0 Å². The van der Waals surface area contributed by atoms with Crippen molar-refractivity contribution < 1.29 is 4.79 Å². The number of likely N-dealkylation sites (N-methyl/N-ethyl adjacent to an activating group) is 1. The Morgan fingerprint density at radius 1 is 1.47 bits per heavy atom. The summed E-state index contributed by atoms with van der Waals surface area (Å²) in [6.45, 7) is 2.45. The highest BCUT2D eigenvalue weighted by atomic mass is 79.9. The highest BCUT2D eigenvalue weighted by Gasteiger charge is 2.06. The Kier molecular flexibility index (Phi) is 4.56. The normalized spacial score (nSPS) is 10.6. The Morgan fingerprint density at radius 2 is 2.13 bits per heavy atom. The number of amides is 1. The third-order valence-electron chi connectivity index (χ3n) is 2.05. The molecule has 0 aromatic heterocycles. The first-order valence-corrected chi connectivity index (χ1v) is 5.55. The molecule has 0 atom stereocenters. The lowest BCUT2D eigenvalue weighted by Gasteiger charge is -2.15. The van der Waals surface area contributed by atoms with E-state index in [1.165, 1.54) is 0 Å². The molecule has 1 amide bonds. The Labute approximate surface area is 98.7 Å². The van der Waals surface area contributed by atoms with Crippen LogP contribution < -0.4 is 0 Å². The standard InChI is InChI=1S/C12H14BrNO/c1-3-6-12(15)14(2)9-10-7-4-5-8-11(10)13/h3-8H,9H2,1-2H3. The molecular formula is C12H14BrNO. The predicted molar refractivity (Wildman–Crippen MR) is 65.4 cm³/mol. The summed E-state index contributed by atoms with van der Waals surface area (Å²) in [5.74, 6) is 0.0215. The van der Waals surface area contributed by atoms with Crippen molar-refractivity contribution in [2.75, 3.05) is 7.05 Å². The number of allylic oxidation sites excluding steroid dienone is 1. The van der Waals surface area contributed by atoms with Gasteiger partial charge in [-0.2, -0.15) is 0 Å². The molecule has 0 aliphatic carbocycles. The summed E-state index contributed by atoms with van der Waals surface area (Å²) in [6.07, 6.45) is 3.32. The summed E-state index contributed by atoms with van der Waals surface area (Å²) in [5, 5.41) is 0. The summed E-state index contributed by atoms with van der Waals surface area (Å²) in [6, 6.07) is 7.91. The van der Waals surface area contributed by atoms with Crippen molar-refractivity contribution in [3.63, 3.8) is 0 Å². The van der Waals surface area contributed by atoms with Crippen LogP contribution in [-0.2, 0) is 11.3 Å². The molecule has 0 N–H and O–H groups in total. The molecule has 0 aliphatic rings. The molecule has 0 aliphatic heterocycles. The summed E-state index contributed by atoms with van der Waals surface area (Å²) < 4.78 is 1.03. The SMILES string of the molecule is CC=CC(=O)N(C)Cc1ccccc1Br. The minimum Gasteiger partial charge on any atom is -0.338 e. The van der Waals surface area contributed by atoms with Crippen molar-refractivity contribution >= 4 is 21.8 Å². The van der Waals surface area contributed by atoms with Gasteiger partial charge in [-0.1, -0.05) is 40.2 Å². The second kappa shape index (κ2) is 5.71. The van der Waals surface area contributed by atoms with Gasteiger partial charge < -0.3 is 4.90 Å². The molecule has 1 aromatic rings. The molecule has 1 aromatic carbocycles. The maximum Gasteiger partial charge on any atom is 0.246 e. The second-order valence-electron chi connectivity index (χ2n) is 3.29. The maximum absolute atomic E-state index is 11.5. The molecule has 2 nitrogen and oxygen atoms in total. The van der Waals surface area contributed by atoms with Crippen molar-refractivity contribution in [2.45, 2.75) is 13.5 Å². The highest BCUT2D eigenvalue weighted by Crippen LogP contribution is 2.17. The fourth-order valence-corrected chi connectivity index (χ4v) is 1.64. The molecular weight excluding hydrogens is 254 g/mol. The van der Waals surface area contributed by atoms with E-state index < -0.39 is 0 Å². The number of hydrogen-bond acceptors (Lipinski definition) is 1. The number of halogens is 1. The number of rotatable bonds is 3. The Hall–Kier alpha value is -1.09. The molecule has 80 valence electrons. The molecule has 0 radical (unpaired) electrons. The number of nitrogens with zero attached hydrogens (tertiary/aromatic N) is 1. The van der Waals surface area contributed by atoms with Crippen LogP contribution in [0.15, 0.2) is 40.9 Å². The minimum atomic E-state index is 0.0215. The van der Waals surface area contributed by atoms with Gasteiger partial charge in [0.1, 0.15) is 0 Å². The van der Waals surface area contributed by atoms with E-state index in [2.05, 4.69) is 15.9 Å². The van der Waals surface area contributed by atoms with Crippen LogP contribution in [0.4, 0.5) is 0 Å². The molecule has 3 heteroatoms. The molecule has 0 bridgehead atoms. The minimum absolute atomic E-state index is 0.0215. The molecule has 15 heavy (non-hydrogen) atoms. The first-order chi connectivity index (χ1) is 7.15. The molecule has 0 fully saturated rings. The van der Waals surface area contributed by atoms with Gasteiger partial charge in [0.15, 0.2) is 0 Å². The Morgan fingerprint density at radius 3 is 2.73 bits per heavy atom. The fraction of sp³-hybridized carbons (Fsp3) is 0.250. The zero-order valence-corrected chi connectivity index (χ0v) is 10.5. The van der Waals surface area contributed by atoms with Gasteiger partial charge in [-0.15, -0.1) is 0 Å². The topological polar surface area (TPSA) is 20.3 Å². The lowest BCUT2D eigenvalue weighted by Crippen LogP contribution is -2.24. The van der Waals surface area contributed by atoms with Gasteiger partial charge in [-0.3, -0.25) is 4.79 Å². The Balaban J connectivity index is 2.70. The van der Waals surface area contributed by atoms with Gasteiger partial charge in [0.25, 0.3) is 0 Å². The van der Waals surface area contributed by atoms with Crippen molar-refractivity contribution in [1.82, 2.24) is 4.90 Å². The largest absolute Gasteiger partial charge is 0.338 e. The first-order valence-electron chi connectivity index (χ1n) is 4.76. The van der Waals surface area contributed by atoms with Crippen LogP contribution in [0.2, 0.25) is 0 Å². The van der Waals surface area contributed by atoms with E-state index in [-0.39, 0.29) is 5.91 Å². The van der Waals surface area contributed by atoms with E-state index in [9.17, 15) is 4.79 Å². The van der Waals surface area contributed by atoms with Gasteiger partial charge in [0.05, 0.1) is 0 Å². The van der Waals surface area contributed by atoms with E-state index in [1.54, 1.807) is 24.1 Å². The maximum atomic E-state index is 11.5. The zero-order chi connectivity index (χ0) is 11.3. The Bertz CT molecular complexity index is 374. The third kappa shape index (κ3) is 3.51. The highest BCUT2D eigenvalue weighted by molar-refractivity contribution is 9.10. The van der Waals surface area contributed by atoms with Gasteiger partial charge >= 0.3 is 0 Å². The van der Waals surface area contributed by atoms with Gasteiger partial charge in [-0.05, 0) is 24.6 Å². The van der Waals surface area contributed by atoms with Crippen LogP contribution in [0.1, 0.15) is 12.5 Å². The van der Waals surface area contributed by atoms with Gasteiger partial charge in [0.2, 0.25) is 5.91 Å². The van der Waals surface area contributed by atoms with Crippen molar-refractivity contribution in [3.05, 3.63) is 46.5 Å². The second-order valence-corrected chi connectivity index (χ2v) is 4.14. The predicted octanol–water partition coefficient (Wildman–Crippen LogP) is 2.98.